The van der Waals surface area contributed by atoms with Crippen molar-refractivity contribution in [2.24, 2.45) is 0 Å². The van der Waals surface area contributed by atoms with Crippen molar-refractivity contribution in [3.63, 3.8) is 0 Å². The van der Waals surface area contributed by atoms with Gasteiger partial charge in [0.15, 0.2) is 0 Å². The number of benzene rings is 2. The first kappa shape index (κ1) is 13.8. The van der Waals surface area contributed by atoms with Crippen LogP contribution in [0.1, 0.15) is 0 Å². The average Bonchev–Trinajstić information content (AvgIpc) is 2.56. The second-order valence-electron chi connectivity index (χ2n) is 4.48. The minimum absolute atomic E-state index is 0.811. The molecule has 0 fully saturated rings. The maximum absolute atomic E-state index is 4.40. The molecule has 0 amide bonds. The molecule has 0 N–H and O–H groups in total. The fourth-order valence-corrected chi connectivity index (χ4v) is 1.94. The van der Waals surface area contributed by atoms with Crippen molar-refractivity contribution < 1.29 is 0 Å². The van der Waals surface area contributed by atoms with E-state index in [0.717, 1.165) is 22.1 Å². The van der Waals surface area contributed by atoms with Crippen molar-refractivity contribution in [2.75, 3.05) is 0 Å². The Balaban J connectivity index is 2.26. The van der Waals surface area contributed by atoms with Crippen LogP contribution >= 0.6 is 0 Å². The molecule has 1 aromatic heterocycles. The van der Waals surface area contributed by atoms with E-state index >= 15 is 0 Å². The summed E-state index contributed by atoms with van der Waals surface area (Å²) in [6.07, 6.45) is 6.83. The first-order chi connectivity index (χ1) is 10.9. The molecule has 0 unspecified atom stereocenters. The second kappa shape index (κ2) is 7.04. The highest BCUT2D eigenvalue weighted by Gasteiger charge is 1.88. The lowest BCUT2D eigenvalue weighted by molar-refractivity contribution is 1.33. The normalized spacial score (nSPS) is 9.82. The van der Waals surface area contributed by atoms with E-state index in [1.54, 1.807) is 36.9 Å². The summed E-state index contributed by atoms with van der Waals surface area (Å²) in [5, 5.41) is 0. The average molecular weight is 286 g/mol. The molecule has 0 radical (unpaired) electrons. The van der Waals surface area contributed by atoms with Gasteiger partial charge in [0.1, 0.15) is 0 Å². The molecule has 0 bridgehead atoms. The summed E-state index contributed by atoms with van der Waals surface area (Å²) >= 11 is 0. The standard InChI is InChI=1S/C18H14N4/c1-2-8-16-15(7-1)19-11-5-13-21-17-9-3-4-10-18(17)22-14-6-12-20-16/h1-14H. The fourth-order valence-electron chi connectivity index (χ4n) is 1.94. The van der Waals surface area contributed by atoms with Gasteiger partial charge in [-0.15, -0.1) is 0 Å². The summed E-state index contributed by atoms with van der Waals surface area (Å²) in [6.45, 7) is 0. The van der Waals surface area contributed by atoms with Crippen LogP contribution in [0.2, 0.25) is 0 Å². The molecular weight excluding hydrogens is 272 g/mol. The predicted octanol–water partition coefficient (Wildman–Crippen LogP) is 3.82. The lowest BCUT2D eigenvalue weighted by atomic mass is 10.3. The molecule has 3 rings (SSSR count). The lowest BCUT2D eigenvalue weighted by Gasteiger charge is -1.89. The van der Waals surface area contributed by atoms with Crippen LogP contribution in [0.3, 0.4) is 0 Å². The van der Waals surface area contributed by atoms with Gasteiger partial charge in [0.25, 0.3) is 0 Å². The maximum atomic E-state index is 4.40. The molecule has 4 heteroatoms. The third-order valence-electron chi connectivity index (χ3n) is 2.96. The third-order valence-corrected chi connectivity index (χ3v) is 2.96. The van der Waals surface area contributed by atoms with Crippen molar-refractivity contribution >= 4 is 22.1 Å². The van der Waals surface area contributed by atoms with Crippen LogP contribution in [0.5, 0.6) is 0 Å². The van der Waals surface area contributed by atoms with Gasteiger partial charge in [-0.05, 0) is 36.4 Å². The number of hydrogen-bond donors (Lipinski definition) is 0. The zero-order valence-electron chi connectivity index (χ0n) is 11.9. The topological polar surface area (TPSA) is 51.6 Å². The summed E-state index contributed by atoms with van der Waals surface area (Å²) < 4.78 is 0. The van der Waals surface area contributed by atoms with Crippen LogP contribution in [0.4, 0.5) is 0 Å². The van der Waals surface area contributed by atoms with E-state index in [9.17, 15) is 0 Å². The van der Waals surface area contributed by atoms with Crippen LogP contribution in [0.15, 0.2) is 85.5 Å². The molecule has 0 spiro atoms. The number of fused-ring (bicyclic) bond motifs is 2. The molecular formula is C18H14N4. The molecule has 0 atom stereocenters. The molecule has 0 aliphatic heterocycles. The van der Waals surface area contributed by atoms with E-state index < -0.39 is 0 Å². The van der Waals surface area contributed by atoms with Gasteiger partial charge in [-0.1, -0.05) is 24.3 Å². The number of rotatable bonds is 0. The molecule has 0 saturated heterocycles. The SMILES string of the molecule is c1cnc2ccccc2ncccnc2ccccc2nc1. The zero-order chi connectivity index (χ0) is 15.0. The molecule has 0 aliphatic rings. The quantitative estimate of drug-likeness (QED) is 0.630. The van der Waals surface area contributed by atoms with Gasteiger partial charge in [-0.2, -0.15) is 0 Å². The van der Waals surface area contributed by atoms with Gasteiger partial charge in [-0.25, -0.2) is 0 Å². The number of nitrogens with zero attached hydrogens (tertiary/aromatic N) is 4. The van der Waals surface area contributed by atoms with Gasteiger partial charge in [-0.3, -0.25) is 19.9 Å². The first-order valence-corrected chi connectivity index (χ1v) is 6.92. The van der Waals surface area contributed by atoms with Gasteiger partial charge in [0.2, 0.25) is 0 Å². The Labute approximate surface area is 128 Å². The third kappa shape index (κ3) is 3.49. The van der Waals surface area contributed by atoms with Crippen molar-refractivity contribution in [2.45, 2.75) is 0 Å². The highest BCUT2D eigenvalue weighted by molar-refractivity contribution is 5.73. The van der Waals surface area contributed by atoms with E-state index in [4.69, 9.17) is 0 Å². The molecule has 3 aromatic rings. The van der Waals surface area contributed by atoms with Crippen LogP contribution < -0.4 is 0 Å². The zero-order valence-corrected chi connectivity index (χ0v) is 11.9. The van der Waals surface area contributed by atoms with E-state index in [-0.39, 0.29) is 0 Å². The van der Waals surface area contributed by atoms with Gasteiger partial charge >= 0.3 is 0 Å². The van der Waals surface area contributed by atoms with Gasteiger partial charge in [0.05, 0.1) is 22.1 Å². The van der Waals surface area contributed by atoms with E-state index in [1.165, 1.54) is 0 Å². The Morgan fingerprint density at radius 2 is 0.636 bits per heavy atom. The summed E-state index contributed by atoms with van der Waals surface area (Å²) in [7, 11) is 0. The fraction of sp³-hybridized carbons (Fsp3) is 0. The molecule has 0 saturated carbocycles. The van der Waals surface area contributed by atoms with E-state index in [0.29, 0.717) is 0 Å². The first-order valence-electron chi connectivity index (χ1n) is 6.92. The summed E-state index contributed by atoms with van der Waals surface area (Å²) in [5.74, 6) is 0. The minimum Gasteiger partial charge on any atom is -0.255 e. The molecule has 4 nitrogen and oxygen atoms in total. The van der Waals surface area contributed by atoms with Crippen LogP contribution in [-0.4, -0.2) is 19.9 Å². The molecule has 2 aromatic carbocycles. The van der Waals surface area contributed by atoms with Gasteiger partial charge in [0, 0.05) is 24.8 Å². The Morgan fingerprint density at radius 1 is 0.364 bits per heavy atom. The summed E-state index contributed by atoms with van der Waals surface area (Å²) in [4.78, 5) is 17.6. The van der Waals surface area contributed by atoms with E-state index in [1.807, 2.05) is 48.5 Å². The Morgan fingerprint density at radius 3 is 0.909 bits per heavy atom. The highest BCUT2D eigenvalue weighted by Crippen LogP contribution is 2.04. The van der Waals surface area contributed by atoms with Gasteiger partial charge < -0.3 is 0 Å². The lowest BCUT2D eigenvalue weighted by Crippen LogP contribution is -1.76. The predicted molar refractivity (Wildman–Crippen MR) is 87.9 cm³/mol. The number of hydrogen-bond acceptors (Lipinski definition) is 4. The minimum atomic E-state index is 0.811. The highest BCUT2D eigenvalue weighted by atomic mass is 14.7. The Bertz CT molecular complexity index is 759. The molecule has 1 heterocycles. The van der Waals surface area contributed by atoms with Crippen molar-refractivity contribution in [1.29, 1.82) is 0 Å². The maximum Gasteiger partial charge on any atom is 0.0886 e. The summed E-state index contributed by atoms with van der Waals surface area (Å²) in [5.41, 5.74) is 3.25. The Kier molecular flexibility index (Phi) is 4.42. The largest absolute Gasteiger partial charge is 0.255 e. The smallest absolute Gasteiger partial charge is 0.0886 e. The summed E-state index contributed by atoms with van der Waals surface area (Å²) in [6, 6.07) is 19.0. The molecule has 0 aliphatic carbocycles. The van der Waals surface area contributed by atoms with E-state index in [2.05, 4.69) is 19.9 Å². The number of para-hydroxylation sites is 4. The van der Waals surface area contributed by atoms with Crippen LogP contribution in [0, 0.1) is 0 Å². The molecule has 106 valence electrons. The van der Waals surface area contributed by atoms with Crippen LogP contribution in [-0.2, 0) is 0 Å². The Hall–Kier alpha value is -3.14. The number of aromatic nitrogens is 4. The van der Waals surface area contributed by atoms with Crippen molar-refractivity contribution in [1.82, 2.24) is 19.9 Å². The second-order valence-corrected chi connectivity index (χ2v) is 4.48. The van der Waals surface area contributed by atoms with Crippen LogP contribution in [0.25, 0.3) is 22.1 Å². The molecule has 22 heavy (non-hydrogen) atoms. The van der Waals surface area contributed by atoms with Crippen molar-refractivity contribution in [3.8, 4) is 0 Å². The monoisotopic (exact) mass is 286 g/mol. The van der Waals surface area contributed by atoms with Crippen molar-refractivity contribution in [3.05, 3.63) is 85.5 Å².